The van der Waals surface area contributed by atoms with Crippen LogP contribution in [0.25, 0.3) is 0 Å². The maximum absolute atomic E-state index is 12.0. The van der Waals surface area contributed by atoms with Crippen LogP contribution < -0.4 is 20.3 Å². The number of carbonyl (C=O) groups excluding carboxylic acids is 2. The minimum Gasteiger partial charge on any atom is -0.494 e. The summed E-state index contributed by atoms with van der Waals surface area (Å²) in [6.07, 6.45) is 0. The second kappa shape index (κ2) is 3.99. The first-order valence-electron chi connectivity index (χ1n) is 5.73. The lowest BCUT2D eigenvalue weighted by Gasteiger charge is -2.39. The third-order valence-electron chi connectivity index (χ3n) is 3.23. The van der Waals surface area contributed by atoms with Crippen molar-refractivity contribution < 1.29 is 14.3 Å². The summed E-state index contributed by atoms with van der Waals surface area (Å²) in [5, 5.41) is 5.74. The molecular weight excluding hydrogens is 234 g/mol. The number of anilines is 2. The van der Waals surface area contributed by atoms with Crippen molar-refractivity contribution in [2.45, 2.75) is 6.04 Å². The standard InChI is InChI=1S/C12H13N3O3/c1-18-9-4-2-3-7-11(9)14-12(17)8-5-13-6-10(16)15(7)8/h2-4,8,13H,5-6H2,1H3,(H,14,17). The van der Waals surface area contributed by atoms with E-state index in [1.807, 2.05) is 12.1 Å². The maximum atomic E-state index is 12.0. The van der Waals surface area contributed by atoms with E-state index in [0.717, 1.165) is 0 Å². The molecule has 1 fully saturated rings. The Morgan fingerprint density at radius 1 is 1.39 bits per heavy atom. The Morgan fingerprint density at radius 3 is 3.00 bits per heavy atom. The first kappa shape index (κ1) is 11.0. The molecule has 0 radical (unpaired) electrons. The van der Waals surface area contributed by atoms with E-state index < -0.39 is 6.04 Å². The molecule has 2 heterocycles. The first-order chi connectivity index (χ1) is 8.72. The van der Waals surface area contributed by atoms with Crippen molar-refractivity contribution in [3.63, 3.8) is 0 Å². The van der Waals surface area contributed by atoms with Crippen LogP contribution in [0.5, 0.6) is 5.75 Å². The van der Waals surface area contributed by atoms with E-state index in [-0.39, 0.29) is 18.4 Å². The maximum Gasteiger partial charge on any atom is 0.249 e. The molecule has 0 spiro atoms. The van der Waals surface area contributed by atoms with Gasteiger partial charge in [0.1, 0.15) is 17.5 Å². The molecule has 0 saturated carbocycles. The molecule has 0 aliphatic carbocycles. The van der Waals surface area contributed by atoms with E-state index in [1.165, 1.54) is 7.11 Å². The molecule has 1 aromatic carbocycles. The lowest BCUT2D eigenvalue weighted by atomic mass is 10.1. The Balaban J connectivity index is 2.14. The highest BCUT2D eigenvalue weighted by molar-refractivity contribution is 6.14. The number of carbonyl (C=O) groups is 2. The fraction of sp³-hybridized carbons (Fsp3) is 0.333. The molecule has 0 bridgehead atoms. The molecule has 2 aliphatic rings. The fourth-order valence-corrected chi connectivity index (χ4v) is 2.40. The van der Waals surface area contributed by atoms with Gasteiger partial charge in [-0.2, -0.15) is 0 Å². The van der Waals surface area contributed by atoms with Gasteiger partial charge in [-0.1, -0.05) is 6.07 Å². The zero-order valence-corrected chi connectivity index (χ0v) is 9.90. The molecule has 0 aromatic heterocycles. The minimum atomic E-state index is -0.481. The number of fused-ring (bicyclic) bond motifs is 3. The van der Waals surface area contributed by atoms with Gasteiger partial charge in [-0.05, 0) is 12.1 Å². The highest BCUT2D eigenvalue weighted by Gasteiger charge is 2.40. The number of methoxy groups -OCH3 is 1. The number of hydrogen-bond acceptors (Lipinski definition) is 4. The largest absolute Gasteiger partial charge is 0.494 e. The van der Waals surface area contributed by atoms with Crippen LogP contribution in [0.3, 0.4) is 0 Å². The monoisotopic (exact) mass is 247 g/mol. The van der Waals surface area contributed by atoms with E-state index in [4.69, 9.17) is 4.74 Å². The number of hydrogen-bond donors (Lipinski definition) is 2. The van der Waals surface area contributed by atoms with Crippen molar-refractivity contribution in [3.05, 3.63) is 18.2 Å². The van der Waals surface area contributed by atoms with E-state index in [1.54, 1.807) is 11.0 Å². The number of ether oxygens (including phenoxy) is 1. The number of nitrogens with one attached hydrogen (secondary N) is 2. The van der Waals surface area contributed by atoms with Crippen LogP contribution in [0.2, 0.25) is 0 Å². The van der Waals surface area contributed by atoms with Crippen molar-refractivity contribution in [2.24, 2.45) is 0 Å². The highest BCUT2D eigenvalue weighted by atomic mass is 16.5. The van der Waals surface area contributed by atoms with E-state index >= 15 is 0 Å². The van der Waals surface area contributed by atoms with Crippen molar-refractivity contribution >= 4 is 23.2 Å². The summed E-state index contributed by atoms with van der Waals surface area (Å²) in [6.45, 7) is 0.717. The van der Waals surface area contributed by atoms with Gasteiger partial charge in [-0.3, -0.25) is 14.5 Å². The SMILES string of the molecule is COc1cccc2c1NC(=O)C1CNCC(=O)N21. The lowest BCUT2D eigenvalue weighted by molar-refractivity contribution is -0.124. The average molecular weight is 247 g/mol. The molecule has 6 heteroatoms. The number of piperazine rings is 1. The zero-order valence-electron chi connectivity index (χ0n) is 9.90. The Bertz CT molecular complexity index is 529. The topological polar surface area (TPSA) is 70.7 Å². The predicted octanol–water partition coefficient (Wildman–Crippen LogP) is -0.0479. The number of para-hydroxylation sites is 1. The number of amides is 2. The van der Waals surface area contributed by atoms with Crippen LogP contribution in [-0.2, 0) is 9.59 Å². The van der Waals surface area contributed by atoms with E-state index in [2.05, 4.69) is 10.6 Å². The predicted molar refractivity (Wildman–Crippen MR) is 65.8 cm³/mol. The molecule has 18 heavy (non-hydrogen) atoms. The number of benzene rings is 1. The zero-order chi connectivity index (χ0) is 12.7. The van der Waals surface area contributed by atoms with Crippen molar-refractivity contribution in [1.29, 1.82) is 0 Å². The van der Waals surface area contributed by atoms with Crippen LogP contribution in [-0.4, -0.2) is 38.1 Å². The molecular formula is C12H13N3O3. The van der Waals surface area contributed by atoms with Gasteiger partial charge in [0.05, 0.1) is 19.3 Å². The first-order valence-corrected chi connectivity index (χ1v) is 5.73. The molecule has 6 nitrogen and oxygen atoms in total. The molecule has 2 aliphatic heterocycles. The van der Waals surface area contributed by atoms with E-state index in [9.17, 15) is 9.59 Å². The van der Waals surface area contributed by atoms with Crippen LogP contribution >= 0.6 is 0 Å². The number of nitrogens with zero attached hydrogens (tertiary/aromatic N) is 1. The Labute approximate surface area is 104 Å². The van der Waals surface area contributed by atoms with Gasteiger partial charge in [-0.15, -0.1) is 0 Å². The summed E-state index contributed by atoms with van der Waals surface area (Å²) in [7, 11) is 1.54. The molecule has 1 unspecified atom stereocenters. The van der Waals surface area contributed by atoms with Crippen LogP contribution in [0.1, 0.15) is 0 Å². The minimum absolute atomic E-state index is 0.101. The highest BCUT2D eigenvalue weighted by Crippen LogP contribution is 2.39. The Morgan fingerprint density at radius 2 is 2.22 bits per heavy atom. The number of rotatable bonds is 1. The molecule has 1 aromatic rings. The second-order valence-corrected chi connectivity index (χ2v) is 4.25. The van der Waals surface area contributed by atoms with Gasteiger partial charge in [0.2, 0.25) is 11.8 Å². The summed E-state index contributed by atoms with van der Waals surface area (Å²) in [4.78, 5) is 25.5. The van der Waals surface area contributed by atoms with Crippen molar-refractivity contribution in [3.8, 4) is 5.75 Å². The average Bonchev–Trinajstić information content (AvgIpc) is 2.38. The van der Waals surface area contributed by atoms with Gasteiger partial charge in [-0.25, -0.2) is 0 Å². The van der Waals surface area contributed by atoms with Crippen molar-refractivity contribution in [1.82, 2.24) is 5.32 Å². The summed E-state index contributed by atoms with van der Waals surface area (Å²) in [6, 6.07) is 4.90. The smallest absolute Gasteiger partial charge is 0.249 e. The molecule has 3 rings (SSSR count). The molecule has 2 amide bonds. The van der Waals surface area contributed by atoms with Crippen LogP contribution in [0, 0.1) is 0 Å². The van der Waals surface area contributed by atoms with E-state index in [0.29, 0.717) is 23.7 Å². The lowest BCUT2D eigenvalue weighted by Crippen LogP contribution is -2.61. The third-order valence-corrected chi connectivity index (χ3v) is 3.23. The normalized spacial score (nSPS) is 22.1. The van der Waals surface area contributed by atoms with Gasteiger partial charge >= 0.3 is 0 Å². The molecule has 1 atom stereocenters. The summed E-state index contributed by atoms with van der Waals surface area (Å²) >= 11 is 0. The van der Waals surface area contributed by atoms with Crippen molar-refractivity contribution in [2.75, 3.05) is 30.4 Å². The van der Waals surface area contributed by atoms with Gasteiger partial charge in [0.25, 0.3) is 0 Å². The quantitative estimate of drug-likeness (QED) is 0.730. The summed E-state index contributed by atoms with van der Waals surface area (Å²) < 4.78 is 5.21. The summed E-state index contributed by atoms with van der Waals surface area (Å²) in [5.41, 5.74) is 1.27. The second-order valence-electron chi connectivity index (χ2n) is 4.25. The molecule has 94 valence electrons. The van der Waals surface area contributed by atoms with Crippen LogP contribution in [0.15, 0.2) is 18.2 Å². The van der Waals surface area contributed by atoms with Crippen LogP contribution in [0.4, 0.5) is 11.4 Å². The molecule has 2 N–H and O–H groups in total. The Hall–Kier alpha value is -2.08. The molecule has 1 saturated heterocycles. The van der Waals surface area contributed by atoms with Gasteiger partial charge < -0.3 is 15.4 Å². The third kappa shape index (κ3) is 1.46. The Kier molecular flexibility index (Phi) is 2.45. The van der Waals surface area contributed by atoms with Gasteiger partial charge in [0, 0.05) is 6.54 Å². The fourth-order valence-electron chi connectivity index (χ4n) is 2.40. The summed E-state index contributed by atoms with van der Waals surface area (Å²) in [5.74, 6) is 0.272. The van der Waals surface area contributed by atoms with Gasteiger partial charge in [0.15, 0.2) is 0 Å².